The predicted octanol–water partition coefficient (Wildman–Crippen LogP) is 5.33. The third-order valence-corrected chi connectivity index (χ3v) is 9.26. The van der Waals surface area contributed by atoms with E-state index in [-0.39, 0.29) is 48.9 Å². The SMILES string of the molecule is Oc1ccc(F)c(C(F)(F)F)c1-c1c(F)cc2c(N3CC4CCC(C3)N4)nc(OC[C@@]34CCCN3C[C@H](F)C4)nc2c1F. The number of phenolic OH excluding ortho intramolecular Hbond substituents is 1. The van der Waals surface area contributed by atoms with Crippen LogP contribution in [0.4, 0.5) is 36.6 Å². The lowest BCUT2D eigenvalue weighted by molar-refractivity contribution is -0.139. The molecular weight excluding hydrogens is 583 g/mol. The number of fused-ring (bicyclic) bond motifs is 4. The quantitative estimate of drug-likeness (QED) is 0.378. The average molecular weight is 612 g/mol. The minimum Gasteiger partial charge on any atom is -0.507 e. The van der Waals surface area contributed by atoms with Crippen LogP contribution in [0, 0.1) is 17.5 Å². The summed E-state index contributed by atoms with van der Waals surface area (Å²) in [6.07, 6.45) is -2.85. The maximum absolute atomic E-state index is 16.3. The molecule has 43 heavy (non-hydrogen) atoms. The largest absolute Gasteiger partial charge is 0.507 e. The fraction of sp³-hybridized carbons (Fsp3) is 0.517. The Morgan fingerprint density at radius 3 is 2.49 bits per heavy atom. The van der Waals surface area contributed by atoms with E-state index in [9.17, 15) is 27.1 Å². The summed E-state index contributed by atoms with van der Waals surface area (Å²) in [4.78, 5) is 12.5. The van der Waals surface area contributed by atoms with Crippen molar-refractivity contribution in [2.75, 3.05) is 37.7 Å². The maximum Gasteiger partial charge on any atom is 0.419 e. The van der Waals surface area contributed by atoms with Crippen LogP contribution in [0.1, 0.15) is 37.7 Å². The molecule has 2 bridgehead atoms. The minimum absolute atomic E-state index is 0.00372. The highest BCUT2D eigenvalue weighted by Crippen LogP contribution is 2.47. The number of rotatable bonds is 5. The molecule has 2 unspecified atom stereocenters. The Balaban J connectivity index is 1.38. The smallest absolute Gasteiger partial charge is 0.419 e. The van der Waals surface area contributed by atoms with Crippen LogP contribution in [-0.2, 0) is 6.18 Å². The van der Waals surface area contributed by atoms with Gasteiger partial charge in [0.15, 0.2) is 5.82 Å². The topological polar surface area (TPSA) is 73.8 Å². The first kappa shape index (κ1) is 28.4. The molecule has 2 N–H and O–H groups in total. The van der Waals surface area contributed by atoms with Crippen LogP contribution in [-0.4, -0.2) is 76.6 Å². The Morgan fingerprint density at radius 1 is 1.02 bits per heavy atom. The van der Waals surface area contributed by atoms with E-state index in [4.69, 9.17) is 4.74 Å². The van der Waals surface area contributed by atoms with Crippen molar-refractivity contribution in [3.8, 4) is 22.9 Å². The van der Waals surface area contributed by atoms with Gasteiger partial charge in [0.1, 0.15) is 47.1 Å². The van der Waals surface area contributed by atoms with Crippen LogP contribution in [0.5, 0.6) is 11.8 Å². The molecule has 0 saturated carbocycles. The van der Waals surface area contributed by atoms with E-state index in [0.717, 1.165) is 25.3 Å². The number of anilines is 1. The maximum atomic E-state index is 16.3. The highest BCUT2D eigenvalue weighted by molar-refractivity contribution is 5.95. The molecule has 4 fully saturated rings. The van der Waals surface area contributed by atoms with Crippen LogP contribution < -0.4 is 15.0 Å². The number of ether oxygens (including phenoxy) is 1. The monoisotopic (exact) mass is 611 g/mol. The van der Waals surface area contributed by atoms with Gasteiger partial charge in [-0.3, -0.25) is 4.90 Å². The molecule has 3 aromatic rings. The molecule has 2 aromatic carbocycles. The number of halogens is 7. The number of benzene rings is 2. The summed E-state index contributed by atoms with van der Waals surface area (Å²) in [5.41, 5.74) is -5.78. The fourth-order valence-electron chi connectivity index (χ4n) is 7.41. The minimum atomic E-state index is -5.38. The summed E-state index contributed by atoms with van der Waals surface area (Å²) in [6, 6.07) is 1.70. The lowest BCUT2D eigenvalue weighted by Crippen LogP contribution is -2.51. The average Bonchev–Trinajstić information content (AvgIpc) is 3.59. The lowest BCUT2D eigenvalue weighted by atomic mass is 9.95. The van der Waals surface area contributed by atoms with Gasteiger partial charge in [-0.25, -0.2) is 17.6 Å². The van der Waals surface area contributed by atoms with E-state index < -0.39 is 63.3 Å². The van der Waals surface area contributed by atoms with Gasteiger partial charge in [0, 0.05) is 49.1 Å². The van der Waals surface area contributed by atoms with Gasteiger partial charge in [-0.15, -0.1) is 0 Å². The number of alkyl halides is 4. The van der Waals surface area contributed by atoms with Gasteiger partial charge in [0.25, 0.3) is 0 Å². The van der Waals surface area contributed by atoms with Gasteiger partial charge in [0.2, 0.25) is 0 Å². The van der Waals surface area contributed by atoms with Crippen molar-refractivity contribution in [2.24, 2.45) is 0 Å². The number of nitrogens with zero attached hydrogens (tertiary/aromatic N) is 4. The number of phenols is 1. The molecule has 14 heteroatoms. The fourth-order valence-corrected chi connectivity index (χ4v) is 7.41. The Hall–Kier alpha value is -3.39. The predicted molar refractivity (Wildman–Crippen MR) is 142 cm³/mol. The van der Waals surface area contributed by atoms with E-state index >= 15 is 8.78 Å². The molecule has 0 spiro atoms. The molecule has 7 rings (SSSR count). The van der Waals surface area contributed by atoms with Crippen molar-refractivity contribution >= 4 is 16.7 Å². The molecule has 7 nitrogen and oxygen atoms in total. The van der Waals surface area contributed by atoms with Crippen LogP contribution in [0.3, 0.4) is 0 Å². The second kappa shape index (κ2) is 10.1. The number of hydrogen-bond acceptors (Lipinski definition) is 7. The Labute approximate surface area is 241 Å². The van der Waals surface area contributed by atoms with Crippen LogP contribution in [0.15, 0.2) is 18.2 Å². The first-order chi connectivity index (χ1) is 20.4. The Kier molecular flexibility index (Phi) is 6.65. The molecular formula is C29H28F7N5O2. The summed E-state index contributed by atoms with van der Waals surface area (Å²) < 4.78 is 108. The van der Waals surface area contributed by atoms with Crippen LogP contribution in [0.2, 0.25) is 0 Å². The molecule has 230 valence electrons. The van der Waals surface area contributed by atoms with Crippen molar-refractivity contribution in [2.45, 2.75) is 62.1 Å². The molecule has 4 aliphatic rings. The van der Waals surface area contributed by atoms with E-state index in [0.29, 0.717) is 38.2 Å². The zero-order chi connectivity index (χ0) is 30.3. The van der Waals surface area contributed by atoms with E-state index in [2.05, 4.69) is 15.3 Å². The third kappa shape index (κ3) is 4.73. The van der Waals surface area contributed by atoms with E-state index in [1.165, 1.54) is 0 Å². The second-order valence-electron chi connectivity index (χ2n) is 12.0. The molecule has 4 aliphatic heterocycles. The van der Waals surface area contributed by atoms with Crippen LogP contribution >= 0.6 is 0 Å². The second-order valence-corrected chi connectivity index (χ2v) is 12.0. The highest BCUT2D eigenvalue weighted by Gasteiger charge is 2.49. The zero-order valence-corrected chi connectivity index (χ0v) is 22.8. The number of hydrogen-bond donors (Lipinski definition) is 2. The van der Waals surface area contributed by atoms with Gasteiger partial charge in [-0.05, 0) is 50.4 Å². The van der Waals surface area contributed by atoms with Crippen LogP contribution in [0.25, 0.3) is 22.0 Å². The van der Waals surface area contributed by atoms with Crippen molar-refractivity contribution in [1.82, 2.24) is 20.2 Å². The normalized spacial score (nSPS) is 27.3. The van der Waals surface area contributed by atoms with Gasteiger partial charge in [-0.1, -0.05) is 0 Å². The lowest BCUT2D eigenvalue weighted by Gasteiger charge is -2.34. The first-order valence-electron chi connectivity index (χ1n) is 14.3. The van der Waals surface area contributed by atoms with Crippen molar-refractivity contribution in [3.63, 3.8) is 0 Å². The molecule has 4 atom stereocenters. The molecule has 0 aliphatic carbocycles. The summed E-state index contributed by atoms with van der Waals surface area (Å²) in [6.45, 7) is 1.89. The van der Waals surface area contributed by atoms with Gasteiger partial charge < -0.3 is 20.1 Å². The molecule has 5 heterocycles. The van der Waals surface area contributed by atoms with Gasteiger partial charge in [-0.2, -0.15) is 23.1 Å². The Bertz CT molecular complexity index is 1590. The highest BCUT2D eigenvalue weighted by atomic mass is 19.4. The molecule has 4 saturated heterocycles. The number of piperazine rings is 1. The Morgan fingerprint density at radius 2 is 1.77 bits per heavy atom. The first-order valence-corrected chi connectivity index (χ1v) is 14.3. The summed E-state index contributed by atoms with van der Waals surface area (Å²) >= 11 is 0. The van der Waals surface area contributed by atoms with Crippen molar-refractivity contribution < 1.29 is 40.6 Å². The zero-order valence-electron chi connectivity index (χ0n) is 22.8. The molecule has 0 radical (unpaired) electrons. The number of nitrogens with one attached hydrogen (secondary N) is 1. The summed E-state index contributed by atoms with van der Waals surface area (Å²) in [7, 11) is 0. The summed E-state index contributed by atoms with van der Waals surface area (Å²) in [5.74, 6) is -5.80. The summed E-state index contributed by atoms with van der Waals surface area (Å²) in [5, 5.41) is 13.7. The molecule has 0 amide bonds. The van der Waals surface area contributed by atoms with E-state index in [1.807, 2.05) is 9.80 Å². The van der Waals surface area contributed by atoms with Gasteiger partial charge >= 0.3 is 12.2 Å². The van der Waals surface area contributed by atoms with Gasteiger partial charge in [0.05, 0.1) is 11.1 Å². The standard InChI is InChI=1S/C29H28F7N5O2/c30-14-9-28(6-1-7-41(28)10-14)13-43-27-38-25-17(26(39-27)40-11-15-2-3-16(12-40)37-15)8-19(32)21(24(25)33)22-20(42)5-4-18(31)23(22)29(34,35)36/h4-5,8,14-16,37,42H,1-3,6-7,9-13H2/t14-,15?,16?,28+/m1/s1. The molecule has 1 aromatic heterocycles. The number of aromatic hydroxyl groups is 1. The van der Waals surface area contributed by atoms with Crippen molar-refractivity contribution in [1.29, 1.82) is 0 Å². The third-order valence-electron chi connectivity index (χ3n) is 9.26. The van der Waals surface area contributed by atoms with E-state index in [1.54, 1.807) is 0 Å². The number of aromatic nitrogens is 2. The van der Waals surface area contributed by atoms with Crippen molar-refractivity contribution in [3.05, 3.63) is 41.2 Å².